The summed E-state index contributed by atoms with van der Waals surface area (Å²) in [7, 11) is 0. The molecule has 1 saturated heterocycles. The molecule has 1 amide bonds. The number of piperazine rings is 1. The molecule has 1 aliphatic heterocycles. The van der Waals surface area contributed by atoms with Crippen molar-refractivity contribution in [2.75, 3.05) is 18.0 Å². The monoisotopic (exact) mass is 246 g/mol. The number of benzene rings is 1. The second-order valence-corrected chi connectivity index (χ2v) is 5.13. The third-order valence-electron chi connectivity index (χ3n) is 3.50. The van der Waals surface area contributed by atoms with E-state index in [9.17, 15) is 9.59 Å². The standard InChI is InChI=1S/C14H18N2O2/c1-10-8-11(9-17)4-5-12(10)16-7-6-15-13(18)14(16,2)3/h4-5,8-9H,6-7H2,1-3H3,(H,15,18). The molecule has 0 saturated carbocycles. The Morgan fingerprint density at radius 2 is 2.11 bits per heavy atom. The van der Waals surface area contributed by atoms with Gasteiger partial charge in [-0.05, 0) is 44.5 Å². The molecule has 0 unspecified atom stereocenters. The highest BCUT2D eigenvalue weighted by Crippen LogP contribution is 2.29. The lowest BCUT2D eigenvalue weighted by Gasteiger charge is -2.43. The summed E-state index contributed by atoms with van der Waals surface area (Å²) < 4.78 is 0. The average molecular weight is 246 g/mol. The van der Waals surface area contributed by atoms with Gasteiger partial charge in [-0.25, -0.2) is 0 Å². The van der Waals surface area contributed by atoms with Crippen molar-refractivity contribution < 1.29 is 9.59 Å². The molecular formula is C14H18N2O2. The molecule has 4 heteroatoms. The second kappa shape index (κ2) is 4.44. The maximum atomic E-state index is 11.9. The van der Waals surface area contributed by atoms with Gasteiger partial charge in [0.15, 0.2) is 0 Å². The fourth-order valence-electron chi connectivity index (χ4n) is 2.38. The first-order valence-electron chi connectivity index (χ1n) is 6.08. The molecule has 1 aromatic rings. The molecule has 1 aromatic carbocycles. The Kier molecular flexibility index (Phi) is 3.11. The van der Waals surface area contributed by atoms with Gasteiger partial charge in [-0.15, -0.1) is 0 Å². The van der Waals surface area contributed by atoms with Crippen molar-refractivity contribution in [2.24, 2.45) is 0 Å². The lowest BCUT2D eigenvalue weighted by atomic mass is 9.96. The topological polar surface area (TPSA) is 49.4 Å². The number of nitrogens with zero attached hydrogens (tertiary/aromatic N) is 1. The molecule has 0 bridgehead atoms. The Balaban J connectivity index is 2.41. The Labute approximate surface area is 107 Å². The van der Waals surface area contributed by atoms with Crippen LogP contribution in [0.15, 0.2) is 18.2 Å². The van der Waals surface area contributed by atoms with Gasteiger partial charge in [0.05, 0.1) is 0 Å². The van der Waals surface area contributed by atoms with Gasteiger partial charge in [-0.3, -0.25) is 9.59 Å². The number of carbonyl (C=O) groups excluding carboxylic acids is 2. The van der Waals surface area contributed by atoms with Crippen LogP contribution in [0, 0.1) is 6.92 Å². The van der Waals surface area contributed by atoms with Crippen LogP contribution in [-0.2, 0) is 4.79 Å². The van der Waals surface area contributed by atoms with Crippen LogP contribution in [0.1, 0.15) is 29.8 Å². The molecule has 18 heavy (non-hydrogen) atoms. The van der Waals surface area contributed by atoms with E-state index in [1.807, 2.05) is 32.9 Å². The number of hydrogen-bond acceptors (Lipinski definition) is 3. The number of aryl methyl sites for hydroxylation is 1. The molecule has 1 heterocycles. The molecule has 0 spiro atoms. The summed E-state index contributed by atoms with van der Waals surface area (Å²) in [6.07, 6.45) is 0.838. The van der Waals surface area contributed by atoms with Crippen molar-refractivity contribution in [3.8, 4) is 0 Å². The molecule has 1 N–H and O–H groups in total. The van der Waals surface area contributed by atoms with E-state index in [-0.39, 0.29) is 5.91 Å². The summed E-state index contributed by atoms with van der Waals surface area (Å²) in [5.74, 6) is 0.0348. The highest BCUT2D eigenvalue weighted by molar-refractivity contribution is 5.91. The first-order valence-corrected chi connectivity index (χ1v) is 6.08. The number of carbonyl (C=O) groups is 2. The smallest absolute Gasteiger partial charge is 0.245 e. The van der Waals surface area contributed by atoms with Crippen molar-refractivity contribution >= 4 is 17.9 Å². The van der Waals surface area contributed by atoms with Crippen molar-refractivity contribution in [3.63, 3.8) is 0 Å². The summed E-state index contributed by atoms with van der Waals surface area (Å²) in [6.45, 7) is 7.21. The van der Waals surface area contributed by atoms with Gasteiger partial charge in [-0.1, -0.05) is 0 Å². The number of amides is 1. The van der Waals surface area contributed by atoms with Gasteiger partial charge in [0.2, 0.25) is 5.91 Å². The number of anilines is 1. The van der Waals surface area contributed by atoms with E-state index >= 15 is 0 Å². The molecule has 4 nitrogen and oxygen atoms in total. The summed E-state index contributed by atoms with van der Waals surface area (Å²) in [5.41, 5.74) is 2.13. The van der Waals surface area contributed by atoms with E-state index in [1.165, 1.54) is 0 Å². The third-order valence-corrected chi connectivity index (χ3v) is 3.50. The maximum absolute atomic E-state index is 11.9. The van der Waals surface area contributed by atoms with Gasteiger partial charge in [0.25, 0.3) is 0 Å². The minimum atomic E-state index is -0.564. The van der Waals surface area contributed by atoms with Gasteiger partial charge in [0.1, 0.15) is 11.8 Å². The molecule has 1 fully saturated rings. The van der Waals surface area contributed by atoms with E-state index in [1.54, 1.807) is 6.07 Å². The second-order valence-electron chi connectivity index (χ2n) is 5.13. The number of rotatable bonds is 2. The molecule has 2 rings (SSSR count). The largest absolute Gasteiger partial charge is 0.356 e. The normalized spacial score (nSPS) is 18.4. The Bertz CT molecular complexity index is 495. The van der Waals surface area contributed by atoms with Crippen LogP contribution < -0.4 is 10.2 Å². The van der Waals surface area contributed by atoms with E-state index in [0.717, 1.165) is 24.1 Å². The Morgan fingerprint density at radius 3 is 2.72 bits per heavy atom. The van der Waals surface area contributed by atoms with Crippen molar-refractivity contribution in [2.45, 2.75) is 26.3 Å². The van der Waals surface area contributed by atoms with E-state index in [0.29, 0.717) is 12.1 Å². The first-order chi connectivity index (χ1) is 8.46. The minimum Gasteiger partial charge on any atom is -0.356 e. The summed E-state index contributed by atoms with van der Waals surface area (Å²) >= 11 is 0. The molecule has 0 radical (unpaired) electrons. The lowest BCUT2D eigenvalue weighted by molar-refractivity contribution is -0.126. The molecule has 96 valence electrons. The molecule has 0 aromatic heterocycles. The van der Waals surface area contributed by atoms with Crippen LogP contribution in [0.5, 0.6) is 0 Å². The Morgan fingerprint density at radius 1 is 1.39 bits per heavy atom. The highest BCUT2D eigenvalue weighted by Gasteiger charge is 2.38. The fraction of sp³-hybridized carbons (Fsp3) is 0.429. The zero-order valence-corrected chi connectivity index (χ0v) is 11.0. The molecule has 0 atom stereocenters. The lowest BCUT2D eigenvalue weighted by Crippen LogP contribution is -2.62. The van der Waals surface area contributed by atoms with Gasteiger partial charge in [-0.2, -0.15) is 0 Å². The van der Waals surface area contributed by atoms with E-state index in [2.05, 4.69) is 10.2 Å². The number of hydrogen-bond donors (Lipinski definition) is 1. The van der Waals surface area contributed by atoms with Crippen LogP contribution in [0.25, 0.3) is 0 Å². The van der Waals surface area contributed by atoms with Gasteiger partial charge >= 0.3 is 0 Å². The van der Waals surface area contributed by atoms with Gasteiger partial charge < -0.3 is 10.2 Å². The van der Waals surface area contributed by atoms with E-state index in [4.69, 9.17) is 0 Å². The molecule has 1 aliphatic rings. The quantitative estimate of drug-likeness (QED) is 0.805. The summed E-state index contributed by atoms with van der Waals surface area (Å²) in [5, 5.41) is 2.88. The maximum Gasteiger partial charge on any atom is 0.245 e. The molecular weight excluding hydrogens is 228 g/mol. The number of nitrogens with one attached hydrogen (secondary N) is 1. The zero-order valence-electron chi connectivity index (χ0n) is 11.0. The SMILES string of the molecule is Cc1cc(C=O)ccc1N1CCNC(=O)C1(C)C. The van der Waals surface area contributed by atoms with Crippen molar-refractivity contribution in [1.29, 1.82) is 0 Å². The predicted molar refractivity (Wildman–Crippen MR) is 71.0 cm³/mol. The van der Waals surface area contributed by atoms with Crippen LogP contribution >= 0.6 is 0 Å². The first kappa shape index (κ1) is 12.6. The van der Waals surface area contributed by atoms with Gasteiger partial charge in [0, 0.05) is 24.3 Å². The predicted octanol–water partition coefficient (Wildman–Crippen LogP) is 1.52. The van der Waals surface area contributed by atoms with Crippen molar-refractivity contribution in [3.05, 3.63) is 29.3 Å². The number of aldehydes is 1. The third kappa shape index (κ3) is 1.98. The van der Waals surface area contributed by atoms with Crippen LogP contribution in [0.4, 0.5) is 5.69 Å². The van der Waals surface area contributed by atoms with E-state index < -0.39 is 5.54 Å². The minimum absolute atomic E-state index is 0.0348. The fourth-order valence-corrected chi connectivity index (χ4v) is 2.38. The molecule has 0 aliphatic carbocycles. The van der Waals surface area contributed by atoms with Crippen LogP contribution in [-0.4, -0.2) is 30.8 Å². The zero-order chi connectivity index (χ0) is 13.3. The average Bonchev–Trinajstić information content (AvgIpc) is 2.33. The van der Waals surface area contributed by atoms with Crippen LogP contribution in [0.3, 0.4) is 0 Å². The Hall–Kier alpha value is -1.84. The summed E-state index contributed by atoms with van der Waals surface area (Å²) in [6, 6.07) is 5.56. The summed E-state index contributed by atoms with van der Waals surface area (Å²) in [4.78, 5) is 24.8. The van der Waals surface area contributed by atoms with Crippen molar-refractivity contribution in [1.82, 2.24) is 5.32 Å². The van der Waals surface area contributed by atoms with Crippen LogP contribution in [0.2, 0.25) is 0 Å². The highest BCUT2D eigenvalue weighted by atomic mass is 16.2.